The molecule has 6 heteroatoms. The van der Waals surface area contributed by atoms with E-state index in [1.165, 1.54) is 5.56 Å². The summed E-state index contributed by atoms with van der Waals surface area (Å²) in [7, 11) is 3.80. The maximum absolute atomic E-state index is 5.96. The van der Waals surface area contributed by atoms with Crippen LogP contribution in [-0.4, -0.2) is 48.1 Å². The molecule has 0 spiro atoms. The quantitative estimate of drug-likeness (QED) is 0.408. The lowest BCUT2D eigenvalue weighted by Gasteiger charge is -2.55. The van der Waals surface area contributed by atoms with E-state index in [1.807, 2.05) is 25.0 Å². The zero-order valence-corrected chi connectivity index (χ0v) is 16.5. The number of nitrogens with one attached hydrogen (secondary N) is 2. The van der Waals surface area contributed by atoms with Gasteiger partial charge in [0, 0.05) is 44.9 Å². The molecule has 6 nitrogen and oxygen atoms in total. The van der Waals surface area contributed by atoms with Gasteiger partial charge in [0.1, 0.15) is 0 Å². The highest BCUT2D eigenvalue weighted by atomic mass is 16.5. The van der Waals surface area contributed by atoms with Gasteiger partial charge >= 0.3 is 0 Å². The number of aromatic nitrogens is 2. The lowest BCUT2D eigenvalue weighted by Crippen LogP contribution is -2.65. The Morgan fingerprint density at radius 2 is 2.16 bits per heavy atom. The Morgan fingerprint density at radius 3 is 2.72 bits per heavy atom. The average Bonchev–Trinajstić information content (AvgIpc) is 3.02. The van der Waals surface area contributed by atoms with Gasteiger partial charge in [-0.15, -0.1) is 0 Å². The molecule has 0 radical (unpaired) electrons. The summed E-state index contributed by atoms with van der Waals surface area (Å²) in [5.74, 6) is 0.900. The van der Waals surface area contributed by atoms with Crippen LogP contribution in [0.3, 0.4) is 0 Å². The number of aryl methyl sites for hydroxylation is 2. The first-order valence-electron chi connectivity index (χ1n) is 9.65. The fourth-order valence-electron chi connectivity index (χ4n) is 4.04. The van der Waals surface area contributed by atoms with E-state index in [0.717, 1.165) is 51.2 Å². The first kappa shape index (κ1) is 19.8. The molecule has 1 aromatic heterocycles. The zero-order valence-electron chi connectivity index (χ0n) is 16.5. The average molecular weight is 350 g/mol. The van der Waals surface area contributed by atoms with E-state index in [-0.39, 0.29) is 5.41 Å². The Balaban J connectivity index is 1.79. The summed E-state index contributed by atoms with van der Waals surface area (Å²) >= 11 is 0. The molecule has 0 saturated heterocycles. The lowest BCUT2D eigenvalue weighted by molar-refractivity contribution is -0.133. The molecule has 1 aliphatic carbocycles. The number of guanidine groups is 1. The first-order valence-corrected chi connectivity index (χ1v) is 9.65. The highest BCUT2D eigenvalue weighted by Crippen LogP contribution is 2.48. The van der Waals surface area contributed by atoms with Gasteiger partial charge < -0.3 is 15.4 Å². The standard InChI is InChI=1S/C19H35N5O/c1-6-19(7-2)16(12-17(19)25-8-3)23-18(20-4)21-11-9-10-15-13-22-24(5)14-15/h13-14,16-17H,6-12H2,1-5H3,(H2,20,21,23). The topological polar surface area (TPSA) is 63.5 Å². The van der Waals surface area contributed by atoms with E-state index in [1.54, 1.807) is 0 Å². The largest absolute Gasteiger partial charge is 0.378 e. The van der Waals surface area contributed by atoms with Crippen molar-refractivity contribution in [1.29, 1.82) is 0 Å². The van der Waals surface area contributed by atoms with E-state index in [4.69, 9.17) is 4.74 Å². The molecule has 2 atom stereocenters. The van der Waals surface area contributed by atoms with Gasteiger partial charge in [-0.3, -0.25) is 9.67 Å². The SMILES string of the molecule is CCOC1CC(NC(=NC)NCCCc2cnn(C)c2)C1(CC)CC. The van der Waals surface area contributed by atoms with Crippen LogP contribution in [0, 0.1) is 5.41 Å². The predicted molar refractivity (Wildman–Crippen MR) is 103 cm³/mol. The molecule has 1 heterocycles. The summed E-state index contributed by atoms with van der Waals surface area (Å²) in [6.45, 7) is 8.32. The first-order chi connectivity index (χ1) is 12.1. The van der Waals surface area contributed by atoms with Gasteiger partial charge in [-0.25, -0.2) is 0 Å². The lowest BCUT2D eigenvalue weighted by atomic mass is 9.58. The monoisotopic (exact) mass is 349 g/mol. The molecular formula is C19H35N5O. The van der Waals surface area contributed by atoms with Gasteiger partial charge in [0.15, 0.2) is 5.96 Å². The second-order valence-corrected chi connectivity index (χ2v) is 6.94. The third kappa shape index (κ3) is 4.54. The summed E-state index contributed by atoms with van der Waals surface area (Å²) in [6.07, 6.45) is 9.79. The number of rotatable bonds is 9. The highest BCUT2D eigenvalue weighted by molar-refractivity contribution is 5.80. The van der Waals surface area contributed by atoms with Crippen LogP contribution in [-0.2, 0) is 18.2 Å². The van der Waals surface area contributed by atoms with Crippen LogP contribution < -0.4 is 10.6 Å². The Morgan fingerprint density at radius 1 is 1.40 bits per heavy atom. The maximum atomic E-state index is 5.96. The van der Waals surface area contributed by atoms with Gasteiger partial charge in [0.05, 0.1) is 12.3 Å². The van der Waals surface area contributed by atoms with Crippen LogP contribution >= 0.6 is 0 Å². The van der Waals surface area contributed by atoms with Gasteiger partial charge in [0.2, 0.25) is 0 Å². The molecule has 25 heavy (non-hydrogen) atoms. The molecule has 1 saturated carbocycles. The van der Waals surface area contributed by atoms with Crippen molar-refractivity contribution in [3.63, 3.8) is 0 Å². The van der Waals surface area contributed by atoms with E-state index >= 15 is 0 Å². The van der Waals surface area contributed by atoms with Crippen LogP contribution in [0.15, 0.2) is 17.4 Å². The Labute approximate surface area is 152 Å². The van der Waals surface area contributed by atoms with Crippen molar-refractivity contribution in [3.8, 4) is 0 Å². The summed E-state index contributed by atoms with van der Waals surface area (Å²) in [5, 5.41) is 11.3. The minimum absolute atomic E-state index is 0.226. The summed E-state index contributed by atoms with van der Waals surface area (Å²) in [5.41, 5.74) is 1.50. The molecule has 0 amide bonds. The highest BCUT2D eigenvalue weighted by Gasteiger charge is 2.53. The summed E-state index contributed by atoms with van der Waals surface area (Å²) < 4.78 is 7.81. The number of hydrogen-bond acceptors (Lipinski definition) is 3. The third-order valence-electron chi connectivity index (χ3n) is 5.70. The Hall–Kier alpha value is -1.56. The summed E-state index contributed by atoms with van der Waals surface area (Å²) in [4.78, 5) is 4.40. The number of nitrogens with zero attached hydrogens (tertiary/aromatic N) is 3. The minimum atomic E-state index is 0.226. The normalized spacial score (nSPS) is 22.5. The van der Waals surface area contributed by atoms with E-state index in [9.17, 15) is 0 Å². The Bertz CT molecular complexity index is 550. The smallest absolute Gasteiger partial charge is 0.191 e. The van der Waals surface area contributed by atoms with Crippen molar-refractivity contribution < 1.29 is 4.74 Å². The van der Waals surface area contributed by atoms with Crippen molar-refractivity contribution in [2.45, 2.75) is 65.0 Å². The second kappa shape index (κ2) is 9.22. The molecular weight excluding hydrogens is 314 g/mol. The molecule has 142 valence electrons. The summed E-state index contributed by atoms with van der Waals surface area (Å²) in [6, 6.07) is 0.434. The molecule has 0 aromatic carbocycles. The molecule has 1 fully saturated rings. The van der Waals surface area contributed by atoms with Crippen molar-refractivity contribution in [1.82, 2.24) is 20.4 Å². The fraction of sp³-hybridized carbons (Fsp3) is 0.789. The molecule has 0 aliphatic heterocycles. The zero-order chi connectivity index (χ0) is 18.3. The van der Waals surface area contributed by atoms with Crippen molar-refractivity contribution >= 4 is 5.96 Å². The van der Waals surface area contributed by atoms with Crippen LogP contribution in [0.1, 0.15) is 52.0 Å². The molecule has 1 aliphatic rings. The minimum Gasteiger partial charge on any atom is -0.378 e. The van der Waals surface area contributed by atoms with Crippen LogP contribution in [0.25, 0.3) is 0 Å². The number of ether oxygens (including phenoxy) is 1. The fourth-order valence-corrected chi connectivity index (χ4v) is 4.04. The molecule has 1 aromatic rings. The van der Waals surface area contributed by atoms with E-state index < -0.39 is 0 Å². The van der Waals surface area contributed by atoms with Crippen LogP contribution in [0.2, 0.25) is 0 Å². The van der Waals surface area contributed by atoms with Gasteiger partial charge in [0.25, 0.3) is 0 Å². The molecule has 2 rings (SSSR count). The third-order valence-corrected chi connectivity index (χ3v) is 5.70. The van der Waals surface area contributed by atoms with Crippen LogP contribution in [0.5, 0.6) is 0 Å². The van der Waals surface area contributed by atoms with Crippen molar-refractivity contribution in [2.24, 2.45) is 17.5 Å². The molecule has 0 bridgehead atoms. The maximum Gasteiger partial charge on any atom is 0.191 e. The number of aliphatic imine (C=N–C) groups is 1. The van der Waals surface area contributed by atoms with Crippen molar-refractivity contribution in [2.75, 3.05) is 20.2 Å². The van der Waals surface area contributed by atoms with E-state index in [2.05, 4.69) is 47.7 Å². The van der Waals surface area contributed by atoms with Crippen molar-refractivity contribution in [3.05, 3.63) is 18.0 Å². The Kier molecular flexibility index (Phi) is 7.29. The molecule has 2 unspecified atom stereocenters. The van der Waals surface area contributed by atoms with Gasteiger partial charge in [-0.2, -0.15) is 5.10 Å². The van der Waals surface area contributed by atoms with E-state index in [0.29, 0.717) is 12.1 Å². The number of hydrogen-bond donors (Lipinski definition) is 2. The second-order valence-electron chi connectivity index (χ2n) is 6.94. The predicted octanol–water partition coefficient (Wildman–Crippen LogP) is 2.50. The van der Waals surface area contributed by atoms with Crippen LogP contribution in [0.4, 0.5) is 0 Å². The van der Waals surface area contributed by atoms with Gasteiger partial charge in [-0.05, 0) is 44.6 Å². The molecule has 2 N–H and O–H groups in total. The van der Waals surface area contributed by atoms with Gasteiger partial charge in [-0.1, -0.05) is 13.8 Å².